The van der Waals surface area contributed by atoms with Gasteiger partial charge in [-0.2, -0.15) is 0 Å². The molecule has 3 nitrogen and oxygen atoms in total. The zero-order valence-electron chi connectivity index (χ0n) is 7.05. The Kier molecular flexibility index (Phi) is 1.67. The van der Waals surface area contributed by atoms with Gasteiger partial charge in [-0.15, -0.1) is 0 Å². The van der Waals surface area contributed by atoms with Crippen LogP contribution in [0, 0.1) is 5.41 Å². The third-order valence-corrected chi connectivity index (χ3v) is 2.23. The van der Waals surface area contributed by atoms with Gasteiger partial charge in [-0.05, 0) is 6.08 Å². The lowest BCUT2D eigenvalue weighted by Crippen LogP contribution is -2.19. The highest BCUT2D eigenvalue weighted by Crippen LogP contribution is 2.39. The standard InChI is InChI=1S/C9H10O3/c1-5-7(10)4-6(8(11)12)9(5,2)3/h4H,1H2,2-3H3,(H,11,12). The molecule has 0 aliphatic heterocycles. The van der Waals surface area contributed by atoms with Gasteiger partial charge in [-0.25, -0.2) is 4.79 Å². The van der Waals surface area contributed by atoms with E-state index in [4.69, 9.17) is 5.11 Å². The Morgan fingerprint density at radius 3 is 2.25 bits per heavy atom. The third-order valence-electron chi connectivity index (χ3n) is 2.23. The van der Waals surface area contributed by atoms with E-state index in [0.717, 1.165) is 6.08 Å². The van der Waals surface area contributed by atoms with Gasteiger partial charge in [0.25, 0.3) is 0 Å². The van der Waals surface area contributed by atoms with Crippen molar-refractivity contribution < 1.29 is 14.7 Å². The molecule has 0 saturated heterocycles. The minimum Gasteiger partial charge on any atom is -0.478 e. The number of hydrogen-bond acceptors (Lipinski definition) is 2. The van der Waals surface area contributed by atoms with Crippen LogP contribution in [0.25, 0.3) is 0 Å². The smallest absolute Gasteiger partial charge is 0.332 e. The quantitative estimate of drug-likeness (QED) is 0.595. The molecule has 1 rings (SSSR count). The highest BCUT2D eigenvalue weighted by Gasteiger charge is 2.39. The molecule has 3 heteroatoms. The van der Waals surface area contributed by atoms with Gasteiger partial charge >= 0.3 is 5.97 Å². The lowest BCUT2D eigenvalue weighted by atomic mass is 9.82. The van der Waals surface area contributed by atoms with Gasteiger partial charge in [0.15, 0.2) is 5.78 Å². The second kappa shape index (κ2) is 2.30. The Bertz CT molecular complexity index is 308. The maximum atomic E-state index is 11.1. The lowest BCUT2D eigenvalue weighted by molar-refractivity contribution is -0.133. The van der Waals surface area contributed by atoms with Crippen molar-refractivity contribution in [3.63, 3.8) is 0 Å². The fourth-order valence-electron chi connectivity index (χ4n) is 1.20. The van der Waals surface area contributed by atoms with Gasteiger partial charge in [0.2, 0.25) is 0 Å². The summed E-state index contributed by atoms with van der Waals surface area (Å²) in [6, 6.07) is 0. The molecule has 1 N–H and O–H groups in total. The van der Waals surface area contributed by atoms with Gasteiger partial charge in [-0.3, -0.25) is 4.79 Å². The van der Waals surface area contributed by atoms with E-state index in [-0.39, 0.29) is 11.4 Å². The molecule has 0 amide bonds. The van der Waals surface area contributed by atoms with Gasteiger partial charge in [0, 0.05) is 11.0 Å². The molecule has 0 atom stereocenters. The van der Waals surface area contributed by atoms with Crippen LogP contribution in [0.2, 0.25) is 0 Å². The molecule has 64 valence electrons. The van der Waals surface area contributed by atoms with E-state index in [2.05, 4.69) is 6.58 Å². The number of carbonyl (C=O) groups is 2. The highest BCUT2D eigenvalue weighted by molar-refractivity contribution is 6.14. The van der Waals surface area contributed by atoms with Gasteiger partial charge in [0.1, 0.15) is 0 Å². The van der Waals surface area contributed by atoms with E-state index in [1.54, 1.807) is 13.8 Å². The van der Waals surface area contributed by atoms with Crippen LogP contribution in [0.5, 0.6) is 0 Å². The summed E-state index contributed by atoms with van der Waals surface area (Å²) in [7, 11) is 0. The first-order chi connectivity index (χ1) is 5.37. The Morgan fingerprint density at radius 1 is 1.58 bits per heavy atom. The fourth-order valence-corrected chi connectivity index (χ4v) is 1.20. The molecule has 0 aromatic rings. The van der Waals surface area contributed by atoms with Crippen molar-refractivity contribution in [1.82, 2.24) is 0 Å². The summed E-state index contributed by atoms with van der Waals surface area (Å²) in [5, 5.41) is 8.72. The first kappa shape index (κ1) is 8.71. The van der Waals surface area contributed by atoms with Gasteiger partial charge < -0.3 is 5.11 Å². The summed E-state index contributed by atoms with van der Waals surface area (Å²) >= 11 is 0. The molecule has 1 aliphatic carbocycles. The van der Waals surface area contributed by atoms with Crippen LogP contribution in [0.15, 0.2) is 23.8 Å². The number of carboxylic acid groups (broad SMARTS) is 1. The monoisotopic (exact) mass is 166 g/mol. The maximum absolute atomic E-state index is 11.1. The molecule has 0 bridgehead atoms. The van der Waals surface area contributed by atoms with Crippen molar-refractivity contribution in [3.8, 4) is 0 Å². The number of ketones is 1. The van der Waals surface area contributed by atoms with E-state index < -0.39 is 11.4 Å². The summed E-state index contributed by atoms with van der Waals surface area (Å²) in [4.78, 5) is 21.7. The van der Waals surface area contributed by atoms with Crippen LogP contribution >= 0.6 is 0 Å². The molecular weight excluding hydrogens is 156 g/mol. The van der Waals surface area contributed by atoms with Crippen LogP contribution < -0.4 is 0 Å². The predicted octanol–water partition coefficient (Wildman–Crippen LogP) is 1.16. The molecule has 12 heavy (non-hydrogen) atoms. The topological polar surface area (TPSA) is 54.4 Å². The van der Waals surface area contributed by atoms with Crippen molar-refractivity contribution in [2.45, 2.75) is 13.8 Å². The third kappa shape index (κ3) is 0.978. The first-order valence-corrected chi connectivity index (χ1v) is 3.56. The highest BCUT2D eigenvalue weighted by atomic mass is 16.4. The van der Waals surface area contributed by atoms with Crippen LogP contribution in [0.4, 0.5) is 0 Å². The van der Waals surface area contributed by atoms with E-state index in [1.165, 1.54) is 0 Å². The number of hydrogen-bond donors (Lipinski definition) is 1. The molecule has 0 heterocycles. The zero-order chi connectivity index (χ0) is 9.52. The van der Waals surface area contributed by atoms with Gasteiger partial charge in [-0.1, -0.05) is 20.4 Å². The minimum atomic E-state index is -1.05. The van der Waals surface area contributed by atoms with E-state index in [1.807, 2.05) is 0 Å². The number of carbonyl (C=O) groups excluding carboxylic acids is 1. The van der Waals surface area contributed by atoms with Crippen molar-refractivity contribution in [2.24, 2.45) is 5.41 Å². The first-order valence-electron chi connectivity index (χ1n) is 3.56. The largest absolute Gasteiger partial charge is 0.478 e. The van der Waals surface area contributed by atoms with Crippen molar-refractivity contribution >= 4 is 11.8 Å². The molecule has 0 unspecified atom stereocenters. The van der Waals surface area contributed by atoms with Gasteiger partial charge in [0.05, 0.1) is 5.57 Å². The van der Waals surface area contributed by atoms with Crippen molar-refractivity contribution in [2.75, 3.05) is 0 Å². The van der Waals surface area contributed by atoms with Crippen molar-refractivity contribution in [3.05, 3.63) is 23.8 Å². The molecule has 0 fully saturated rings. The Hall–Kier alpha value is -1.38. The normalized spacial score (nSPS) is 21.0. The summed E-state index contributed by atoms with van der Waals surface area (Å²) in [6.45, 7) is 6.92. The molecule has 1 aliphatic rings. The Morgan fingerprint density at radius 2 is 2.08 bits per heavy atom. The molecular formula is C9H10O3. The lowest BCUT2D eigenvalue weighted by Gasteiger charge is -2.19. The fraction of sp³-hybridized carbons (Fsp3) is 0.333. The second-order valence-corrected chi connectivity index (χ2v) is 3.33. The number of rotatable bonds is 1. The van der Waals surface area contributed by atoms with Crippen molar-refractivity contribution in [1.29, 1.82) is 0 Å². The summed E-state index contributed by atoms with van der Waals surface area (Å²) in [5.41, 5.74) is -0.250. The van der Waals surface area contributed by atoms with E-state index >= 15 is 0 Å². The molecule has 0 aromatic carbocycles. The average Bonchev–Trinajstić information content (AvgIpc) is 2.13. The summed E-state index contributed by atoms with van der Waals surface area (Å²) in [5.74, 6) is -1.33. The Labute approximate surface area is 70.4 Å². The molecule has 0 saturated carbocycles. The zero-order valence-corrected chi connectivity index (χ0v) is 7.05. The maximum Gasteiger partial charge on any atom is 0.332 e. The second-order valence-electron chi connectivity index (χ2n) is 3.33. The van der Waals surface area contributed by atoms with Crippen LogP contribution in [-0.2, 0) is 9.59 Å². The molecule has 0 spiro atoms. The van der Waals surface area contributed by atoms with Crippen LogP contribution in [0.3, 0.4) is 0 Å². The van der Waals surface area contributed by atoms with Crippen LogP contribution in [0.1, 0.15) is 13.8 Å². The van der Waals surface area contributed by atoms with E-state index in [0.29, 0.717) is 5.57 Å². The van der Waals surface area contributed by atoms with Crippen LogP contribution in [-0.4, -0.2) is 16.9 Å². The molecule has 0 radical (unpaired) electrons. The average molecular weight is 166 g/mol. The van der Waals surface area contributed by atoms with E-state index in [9.17, 15) is 9.59 Å². The number of aliphatic carboxylic acids is 1. The molecule has 0 aromatic heterocycles. The minimum absolute atomic E-state index is 0.123. The SMILES string of the molecule is C=C1C(=O)C=C(C(=O)O)C1(C)C. The predicted molar refractivity (Wildman–Crippen MR) is 43.6 cm³/mol. The number of allylic oxidation sites excluding steroid dienone is 2. The summed E-state index contributed by atoms with van der Waals surface area (Å²) < 4.78 is 0. The number of carboxylic acids is 1. The summed E-state index contributed by atoms with van der Waals surface area (Å²) in [6.07, 6.45) is 1.14. The Balaban J connectivity index is 3.20.